The van der Waals surface area contributed by atoms with Crippen molar-refractivity contribution in [1.82, 2.24) is 10.2 Å². The number of benzene rings is 2. The predicted octanol–water partition coefficient (Wildman–Crippen LogP) is 5.18. The molecule has 0 aliphatic rings. The maximum atomic E-state index is 5.83. The summed E-state index contributed by atoms with van der Waals surface area (Å²) in [6.07, 6.45) is 0. The first-order chi connectivity index (χ1) is 13.5. The molecule has 0 spiro atoms. The number of aromatic nitrogens is 2. The molecule has 1 heterocycles. The summed E-state index contributed by atoms with van der Waals surface area (Å²) in [6.45, 7) is 4.37. The molecule has 0 aliphatic heterocycles. The van der Waals surface area contributed by atoms with Crippen molar-refractivity contribution in [2.75, 3.05) is 21.3 Å². The average molecular weight is 401 g/mol. The van der Waals surface area contributed by atoms with Crippen LogP contribution in [0.25, 0.3) is 11.5 Å². The third-order valence-electron chi connectivity index (χ3n) is 4.29. The molecule has 28 heavy (non-hydrogen) atoms. The van der Waals surface area contributed by atoms with Crippen molar-refractivity contribution in [2.45, 2.75) is 30.4 Å². The van der Waals surface area contributed by atoms with Crippen LogP contribution in [0.4, 0.5) is 0 Å². The monoisotopic (exact) mass is 400 g/mol. The van der Waals surface area contributed by atoms with Crippen LogP contribution in [-0.2, 0) is 5.75 Å². The Morgan fingerprint density at radius 1 is 0.929 bits per heavy atom. The molecular weight excluding hydrogens is 376 g/mol. The van der Waals surface area contributed by atoms with Crippen molar-refractivity contribution < 1.29 is 18.6 Å². The van der Waals surface area contributed by atoms with E-state index in [2.05, 4.69) is 48.3 Å². The van der Waals surface area contributed by atoms with Crippen LogP contribution in [0.5, 0.6) is 17.2 Å². The molecule has 7 heteroatoms. The van der Waals surface area contributed by atoms with Gasteiger partial charge in [-0.2, -0.15) is 0 Å². The van der Waals surface area contributed by atoms with Crippen LogP contribution >= 0.6 is 11.8 Å². The fourth-order valence-corrected chi connectivity index (χ4v) is 3.46. The number of hydrogen-bond acceptors (Lipinski definition) is 7. The van der Waals surface area contributed by atoms with Gasteiger partial charge in [-0.1, -0.05) is 26.0 Å². The molecule has 0 radical (unpaired) electrons. The Morgan fingerprint density at radius 2 is 1.57 bits per heavy atom. The van der Waals surface area contributed by atoms with Crippen molar-refractivity contribution in [3.05, 3.63) is 47.9 Å². The van der Waals surface area contributed by atoms with Gasteiger partial charge >= 0.3 is 0 Å². The zero-order valence-corrected chi connectivity index (χ0v) is 17.5. The van der Waals surface area contributed by atoms with Crippen LogP contribution in [0.1, 0.15) is 31.2 Å². The molecule has 0 saturated carbocycles. The molecule has 0 amide bonds. The molecule has 1 aromatic heterocycles. The predicted molar refractivity (Wildman–Crippen MR) is 109 cm³/mol. The standard InChI is InChI=1S/C21H24N2O4S/c1-13(2)14-6-8-16(9-7-14)28-12-19-22-23-21(27-19)15-10-17(24-3)20(26-5)18(11-15)25-4/h6-11,13H,12H2,1-5H3. The quantitative estimate of drug-likeness (QED) is 0.483. The molecule has 0 fully saturated rings. The molecule has 0 bridgehead atoms. The summed E-state index contributed by atoms with van der Waals surface area (Å²) in [7, 11) is 4.71. The molecule has 6 nitrogen and oxygen atoms in total. The van der Waals surface area contributed by atoms with Crippen LogP contribution < -0.4 is 14.2 Å². The molecule has 3 rings (SSSR count). The second kappa shape index (κ2) is 9.01. The highest BCUT2D eigenvalue weighted by molar-refractivity contribution is 7.98. The lowest BCUT2D eigenvalue weighted by Gasteiger charge is -2.12. The van der Waals surface area contributed by atoms with Gasteiger partial charge in [0.15, 0.2) is 11.5 Å². The third-order valence-corrected chi connectivity index (χ3v) is 5.28. The molecule has 0 saturated heterocycles. The first kappa shape index (κ1) is 20.1. The second-order valence-electron chi connectivity index (χ2n) is 6.43. The van der Waals surface area contributed by atoms with E-state index in [4.69, 9.17) is 18.6 Å². The molecule has 0 N–H and O–H groups in total. The van der Waals surface area contributed by atoms with Crippen LogP contribution in [0.3, 0.4) is 0 Å². The summed E-state index contributed by atoms with van der Waals surface area (Å²) in [6, 6.07) is 12.1. The van der Waals surface area contributed by atoms with E-state index in [1.165, 1.54) is 5.56 Å². The molecule has 148 valence electrons. The SMILES string of the molecule is COc1cc(-c2nnc(CSc3ccc(C(C)C)cc3)o2)cc(OC)c1OC. The van der Waals surface area contributed by atoms with E-state index < -0.39 is 0 Å². The number of nitrogens with zero attached hydrogens (tertiary/aromatic N) is 2. The molecular formula is C21H24N2O4S. The molecule has 3 aromatic rings. The zero-order valence-electron chi connectivity index (χ0n) is 16.7. The van der Waals surface area contributed by atoms with E-state index in [0.29, 0.717) is 46.3 Å². The van der Waals surface area contributed by atoms with Crippen molar-refractivity contribution in [1.29, 1.82) is 0 Å². The highest BCUT2D eigenvalue weighted by atomic mass is 32.2. The van der Waals surface area contributed by atoms with E-state index >= 15 is 0 Å². The summed E-state index contributed by atoms with van der Waals surface area (Å²) in [4.78, 5) is 1.16. The largest absolute Gasteiger partial charge is 0.493 e. The summed E-state index contributed by atoms with van der Waals surface area (Å²) in [5.41, 5.74) is 2.03. The summed E-state index contributed by atoms with van der Waals surface area (Å²) < 4.78 is 21.9. The average Bonchev–Trinajstić information content (AvgIpc) is 3.20. The Bertz CT molecular complexity index is 897. The van der Waals surface area contributed by atoms with Gasteiger partial charge in [-0.05, 0) is 35.7 Å². The minimum atomic E-state index is 0.407. The van der Waals surface area contributed by atoms with Crippen molar-refractivity contribution in [2.24, 2.45) is 0 Å². The number of hydrogen-bond donors (Lipinski definition) is 0. The van der Waals surface area contributed by atoms with E-state index in [0.717, 1.165) is 4.90 Å². The Labute approximate surface area is 169 Å². The van der Waals surface area contributed by atoms with Gasteiger partial charge in [0, 0.05) is 10.5 Å². The van der Waals surface area contributed by atoms with Gasteiger partial charge in [0.25, 0.3) is 0 Å². The lowest BCUT2D eigenvalue weighted by molar-refractivity contribution is 0.324. The second-order valence-corrected chi connectivity index (χ2v) is 7.48. The molecule has 0 atom stereocenters. The van der Waals surface area contributed by atoms with E-state index in [-0.39, 0.29) is 0 Å². The Hall–Kier alpha value is -2.67. The molecule has 2 aromatic carbocycles. The van der Waals surface area contributed by atoms with Crippen LogP contribution in [0, 0.1) is 0 Å². The summed E-state index contributed by atoms with van der Waals surface area (Å²) in [5.74, 6) is 3.68. The van der Waals surface area contributed by atoms with E-state index in [1.807, 2.05) is 0 Å². The van der Waals surface area contributed by atoms with E-state index in [1.54, 1.807) is 45.2 Å². The highest BCUT2D eigenvalue weighted by Gasteiger charge is 2.17. The number of ether oxygens (including phenoxy) is 3. The molecule has 0 unspecified atom stereocenters. The minimum absolute atomic E-state index is 0.407. The van der Waals surface area contributed by atoms with Gasteiger partial charge in [-0.15, -0.1) is 22.0 Å². The van der Waals surface area contributed by atoms with Crippen molar-refractivity contribution in [3.8, 4) is 28.7 Å². The normalized spacial score (nSPS) is 10.9. The van der Waals surface area contributed by atoms with Crippen molar-refractivity contribution >= 4 is 11.8 Å². The summed E-state index contributed by atoms with van der Waals surface area (Å²) in [5, 5.41) is 8.32. The molecule has 0 aliphatic carbocycles. The minimum Gasteiger partial charge on any atom is -0.493 e. The van der Waals surface area contributed by atoms with Gasteiger partial charge in [-0.3, -0.25) is 0 Å². The van der Waals surface area contributed by atoms with Gasteiger partial charge in [0.1, 0.15) is 0 Å². The topological polar surface area (TPSA) is 66.6 Å². The summed E-state index contributed by atoms with van der Waals surface area (Å²) >= 11 is 1.66. The van der Waals surface area contributed by atoms with Crippen LogP contribution in [-0.4, -0.2) is 31.5 Å². The van der Waals surface area contributed by atoms with Crippen LogP contribution in [0.15, 0.2) is 45.7 Å². The highest BCUT2D eigenvalue weighted by Crippen LogP contribution is 2.41. The Balaban J connectivity index is 1.75. The van der Waals surface area contributed by atoms with Gasteiger partial charge < -0.3 is 18.6 Å². The van der Waals surface area contributed by atoms with Crippen LogP contribution in [0.2, 0.25) is 0 Å². The maximum absolute atomic E-state index is 5.83. The Morgan fingerprint density at radius 3 is 2.11 bits per heavy atom. The third kappa shape index (κ3) is 4.42. The fourth-order valence-electron chi connectivity index (χ4n) is 2.73. The van der Waals surface area contributed by atoms with Crippen molar-refractivity contribution in [3.63, 3.8) is 0 Å². The first-order valence-electron chi connectivity index (χ1n) is 8.91. The number of thioether (sulfide) groups is 1. The maximum Gasteiger partial charge on any atom is 0.248 e. The lowest BCUT2D eigenvalue weighted by Crippen LogP contribution is -1.95. The fraction of sp³-hybridized carbons (Fsp3) is 0.333. The Kier molecular flexibility index (Phi) is 6.46. The first-order valence-corrected chi connectivity index (χ1v) is 9.89. The van der Waals surface area contributed by atoms with Gasteiger partial charge in [-0.25, -0.2) is 0 Å². The zero-order chi connectivity index (χ0) is 20.1. The number of rotatable bonds is 8. The lowest BCUT2D eigenvalue weighted by atomic mass is 10.0. The number of methoxy groups -OCH3 is 3. The van der Waals surface area contributed by atoms with E-state index in [9.17, 15) is 0 Å². The van der Waals surface area contributed by atoms with Gasteiger partial charge in [0.2, 0.25) is 17.5 Å². The van der Waals surface area contributed by atoms with Gasteiger partial charge in [0.05, 0.1) is 27.1 Å². The smallest absolute Gasteiger partial charge is 0.248 e.